The molecule has 0 spiro atoms. The first-order chi connectivity index (χ1) is 15.9. The Hall–Kier alpha value is -4.39. The van der Waals surface area contributed by atoms with E-state index in [2.05, 4.69) is 5.32 Å². The summed E-state index contributed by atoms with van der Waals surface area (Å²) in [4.78, 5) is 36.4. The van der Waals surface area contributed by atoms with Crippen LogP contribution >= 0.6 is 0 Å². The van der Waals surface area contributed by atoms with Crippen LogP contribution < -0.4 is 15.7 Å². The van der Waals surface area contributed by atoms with Gasteiger partial charge in [0.25, 0.3) is 5.91 Å². The topological polar surface area (TPSA) is 106 Å². The molecule has 0 saturated heterocycles. The third kappa shape index (κ3) is 4.93. The Kier molecular flexibility index (Phi) is 6.22. The third-order valence-electron chi connectivity index (χ3n) is 5.15. The second-order valence-electron chi connectivity index (χ2n) is 7.45. The fraction of sp³-hybridized carbons (Fsp3) is 0.115. The van der Waals surface area contributed by atoms with Crippen molar-refractivity contribution in [2.24, 2.45) is 0 Å². The molecule has 3 aromatic carbocycles. The minimum atomic E-state index is -1.20. The molecule has 7 nitrogen and oxygen atoms in total. The molecular weight excluding hydrogens is 422 g/mol. The molecule has 0 unspecified atom stereocenters. The first-order valence-electron chi connectivity index (χ1n) is 10.3. The van der Waals surface area contributed by atoms with Crippen LogP contribution in [0.15, 0.2) is 94.1 Å². The molecular formula is C26H21NO6. The number of rotatable bonds is 7. The van der Waals surface area contributed by atoms with Crippen LogP contribution in [0.2, 0.25) is 0 Å². The van der Waals surface area contributed by atoms with Gasteiger partial charge in [-0.1, -0.05) is 60.7 Å². The summed E-state index contributed by atoms with van der Waals surface area (Å²) in [6.07, 6.45) is -0.989. The number of fused-ring (bicyclic) bond motifs is 1. The third-order valence-corrected chi connectivity index (χ3v) is 5.15. The van der Waals surface area contributed by atoms with Crippen molar-refractivity contribution in [3.05, 3.63) is 101 Å². The summed E-state index contributed by atoms with van der Waals surface area (Å²) in [5.74, 6) is -1.46. The zero-order valence-electron chi connectivity index (χ0n) is 17.7. The zero-order valence-corrected chi connectivity index (χ0v) is 17.7. The highest BCUT2D eigenvalue weighted by Crippen LogP contribution is 2.30. The van der Waals surface area contributed by atoms with Crippen molar-refractivity contribution in [1.29, 1.82) is 0 Å². The highest BCUT2D eigenvalue weighted by atomic mass is 16.5. The van der Waals surface area contributed by atoms with E-state index in [0.717, 1.165) is 16.5 Å². The molecule has 33 heavy (non-hydrogen) atoms. The molecule has 1 amide bonds. The molecule has 166 valence electrons. The van der Waals surface area contributed by atoms with Crippen LogP contribution in [-0.4, -0.2) is 23.1 Å². The number of carboxylic acids is 1. The van der Waals surface area contributed by atoms with Crippen molar-refractivity contribution in [2.75, 3.05) is 0 Å². The number of aliphatic carboxylic acids is 1. The van der Waals surface area contributed by atoms with Gasteiger partial charge in [-0.05, 0) is 35.7 Å². The lowest BCUT2D eigenvalue weighted by Gasteiger charge is -2.19. The fourth-order valence-corrected chi connectivity index (χ4v) is 3.52. The molecule has 0 bridgehead atoms. The van der Waals surface area contributed by atoms with Gasteiger partial charge in [0.15, 0.2) is 12.1 Å². The first kappa shape index (κ1) is 21.8. The van der Waals surface area contributed by atoms with E-state index in [1.165, 1.54) is 13.0 Å². The Morgan fingerprint density at radius 2 is 1.61 bits per heavy atom. The molecule has 0 radical (unpaired) electrons. The monoisotopic (exact) mass is 443 g/mol. The average Bonchev–Trinajstić information content (AvgIpc) is 2.82. The molecule has 1 heterocycles. The maximum atomic E-state index is 12.6. The quantitative estimate of drug-likeness (QED) is 0.415. The molecule has 4 aromatic rings. The average molecular weight is 443 g/mol. The van der Waals surface area contributed by atoms with Crippen molar-refractivity contribution in [3.63, 3.8) is 0 Å². The summed E-state index contributed by atoms with van der Waals surface area (Å²) in [5, 5.41) is 12.7. The summed E-state index contributed by atoms with van der Waals surface area (Å²) >= 11 is 0. The number of benzene rings is 3. The van der Waals surface area contributed by atoms with Crippen molar-refractivity contribution in [1.82, 2.24) is 5.32 Å². The summed E-state index contributed by atoms with van der Waals surface area (Å²) < 4.78 is 11.1. The lowest BCUT2D eigenvalue weighted by atomic mass is 10.0. The molecule has 4 rings (SSSR count). The molecule has 0 aliphatic heterocycles. The van der Waals surface area contributed by atoms with Crippen LogP contribution in [0, 0.1) is 0 Å². The zero-order chi connectivity index (χ0) is 23.4. The van der Waals surface area contributed by atoms with E-state index in [4.69, 9.17) is 9.15 Å². The van der Waals surface area contributed by atoms with E-state index in [9.17, 15) is 19.5 Å². The van der Waals surface area contributed by atoms with Gasteiger partial charge in [0.2, 0.25) is 0 Å². The van der Waals surface area contributed by atoms with Gasteiger partial charge in [-0.25, -0.2) is 9.59 Å². The first-order valence-corrected chi connectivity index (χ1v) is 10.3. The fourth-order valence-electron chi connectivity index (χ4n) is 3.52. The van der Waals surface area contributed by atoms with E-state index in [1.54, 1.807) is 48.5 Å². The molecule has 0 aliphatic carbocycles. The number of hydrogen-bond acceptors (Lipinski definition) is 5. The van der Waals surface area contributed by atoms with E-state index < -0.39 is 29.6 Å². The minimum Gasteiger partial charge on any atom is -0.481 e. The number of carboxylic acid groups (broad SMARTS) is 1. The van der Waals surface area contributed by atoms with Crippen LogP contribution in [0.5, 0.6) is 5.75 Å². The largest absolute Gasteiger partial charge is 0.481 e. The standard InChI is InChI=1S/C26H21NO6/c1-16(25(29)27-24(26(30)31)18-10-6-3-7-11-18)32-19-12-13-20-21(17-8-4-2-5-9-17)15-23(28)33-22(20)14-19/h2-16,24H,1H3,(H,27,29)(H,30,31)/t16-,24+/m1/s1. The highest BCUT2D eigenvalue weighted by molar-refractivity contribution is 5.94. The second-order valence-corrected chi connectivity index (χ2v) is 7.45. The molecule has 0 saturated carbocycles. The van der Waals surface area contributed by atoms with Gasteiger partial charge in [-0.15, -0.1) is 0 Å². The van der Waals surface area contributed by atoms with Gasteiger partial charge in [0.05, 0.1) is 0 Å². The number of amides is 1. The predicted octanol–water partition coefficient (Wildman–Crippen LogP) is 4.17. The van der Waals surface area contributed by atoms with Gasteiger partial charge < -0.3 is 19.6 Å². The summed E-state index contributed by atoms with van der Waals surface area (Å²) in [6.45, 7) is 1.51. The number of hydrogen-bond donors (Lipinski definition) is 2. The van der Waals surface area contributed by atoms with Crippen LogP contribution in [0.4, 0.5) is 0 Å². The van der Waals surface area contributed by atoms with Gasteiger partial charge in [0, 0.05) is 17.5 Å². The Balaban J connectivity index is 1.55. The van der Waals surface area contributed by atoms with E-state index in [-0.39, 0.29) is 0 Å². The van der Waals surface area contributed by atoms with E-state index in [1.807, 2.05) is 30.3 Å². The molecule has 0 fully saturated rings. The highest BCUT2D eigenvalue weighted by Gasteiger charge is 2.25. The maximum absolute atomic E-state index is 12.6. The number of ether oxygens (including phenoxy) is 1. The Bertz CT molecular complexity index is 1350. The molecule has 2 N–H and O–H groups in total. The van der Waals surface area contributed by atoms with Crippen molar-refractivity contribution >= 4 is 22.8 Å². The van der Waals surface area contributed by atoms with Gasteiger partial charge in [-0.2, -0.15) is 0 Å². The molecule has 1 aromatic heterocycles. The lowest BCUT2D eigenvalue weighted by molar-refractivity contribution is -0.143. The molecule has 2 atom stereocenters. The smallest absolute Gasteiger partial charge is 0.336 e. The van der Waals surface area contributed by atoms with Crippen LogP contribution in [0.25, 0.3) is 22.1 Å². The van der Waals surface area contributed by atoms with Crippen molar-refractivity contribution in [3.8, 4) is 16.9 Å². The molecule has 7 heteroatoms. The summed E-state index contributed by atoms with van der Waals surface area (Å²) in [5.41, 5.74) is 1.87. The van der Waals surface area contributed by atoms with Crippen LogP contribution in [0.1, 0.15) is 18.5 Å². The maximum Gasteiger partial charge on any atom is 0.336 e. The van der Waals surface area contributed by atoms with Crippen LogP contribution in [0.3, 0.4) is 0 Å². The van der Waals surface area contributed by atoms with Crippen molar-refractivity contribution in [2.45, 2.75) is 19.1 Å². The van der Waals surface area contributed by atoms with Gasteiger partial charge >= 0.3 is 11.6 Å². The predicted molar refractivity (Wildman–Crippen MR) is 123 cm³/mol. The minimum absolute atomic E-state index is 0.310. The Morgan fingerprint density at radius 3 is 2.27 bits per heavy atom. The number of carbonyl (C=O) groups is 2. The van der Waals surface area contributed by atoms with Crippen molar-refractivity contribution < 1.29 is 23.8 Å². The number of carbonyl (C=O) groups excluding carboxylic acids is 1. The summed E-state index contributed by atoms with van der Waals surface area (Å²) in [7, 11) is 0. The van der Waals surface area contributed by atoms with Gasteiger partial charge in [-0.3, -0.25) is 4.79 Å². The van der Waals surface area contributed by atoms with Gasteiger partial charge in [0.1, 0.15) is 11.3 Å². The Morgan fingerprint density at radius 1 is 0.939 bits per heavy atom. The lowest BCUT2D eigenvalue weighted by Crippen LogP contribution is -2.41. The second kappa shape index (κ2) is 9.40. The number of nitrogens with one attached hydrogen (secondary N) is 1. The van der Waals surface area contributed by atoms with Crippen LogP contribution in [-0.2, 0) is 9.59 Å². The van der Waals surface area contributed by atoms with E-state index in [0.29, 0.717) is 16.9 Å². The Labute approximate surface area is 189 Å². The SMILES string of the molecule is C[C@@H](Oc1ccc2c(-c3ccccc3)cc(=O)oc2c1)C(=O)N[C@H](C(=O)O)c1ccccc1. The normalized spacial score (nSPS) is 12.6. The summed E-state index contributed by atoms with van der Waals surface area (Å²) in [6, 6.07) is 23.1. The van der Waals surface area contributed by atoms with E-state index >= 15 is 0 Å². The molecule has 0 aliphatic rings.